The van der Waals surface area contributed by atoms with Crippen molar-refractivity contribution < 1.29 is 9.59 Å². The monoisotopic (exact) mass is 241 g/mol. The van der Waals surface area contributed by atoms with E-state index in [-0.39, 0.29) is 18.4 Å². The lowest BCUT2D eigenvalue weighted by Crippen LogP contribution is -2.49. The third-order valence-corrected chi connectivity index (χ3v) is 3.75. The molecule has 0 bridgehead atoms. The molecule has 1 rings (SSSR count). The standard InChI is InChI=1S/C12H23N3O2/c1-3-12(4-2,9-13)11(17)15-7-5-6-14-10(16)8-15/h3-9,13H2,1-2H3,(H,14,16). The second-order valence-electron chi connectivity index (χ2n) is 4.62. The van der Waals surface area contributed by atoms with E-state index >= 15 is 0 Å². The Balaban J connectivity index is 2.82. The highest BCUT2D eigenvalue weighted by atomic mass is 16.2. The van der Waals surface area contributed by atoms with Crippen LogP contribution in [0.5, 0.6) is 0 Å². The van der Waals surface area contributed by atoms with Crippen LogP contribution in [0.2, 0.25) is 0 Å². The van der Waals surface area contributed by atoms with E-state index in [4.69, 9.17) is 5.73 Å². The minimum atomic E-state index is -0.495. The highest BCUT2D eigenvalue weighted by Crippen LogP contribution is 2.27. The molecule has 0 unspecified atom stereocenters. The van der Waals surface area contributed by atoms with Crippen LogP contribution in [0, 0.1) is 5.41 Å². The number of carbonyl (C=O) groups is 2. The predicted molar refractivity (Wildman–Crippen MR) is 66.3 cm³/mol. The molecule has 5 heteroatoms. The van der Waals surface area contributed by atoms with Gasteiger partial charge in [-0.05, 0) is 19.3 Å². The Labute approximate surface area is 103 Å². The first-order valence-electron chi connectivity index (χ1n) is 6.35. The normalized spacial score (nSPS) is 17.6. The van der Waals surface area contributed by atoms with Crippen molar-refractivity contribution in [3.63, 3.8) is 0 Å². The van der Waals surface area contributed by atoms with Crippen LogP contribution in [0.1, 0.15) is 33.1 Å². The van der Waals surface area contributed by atoms with Gasteiger partial charge < -0.3 is 16.0 Å². The number of hydrogen-bond acceptors (Lipinski definition) is 3. The molecular formula is C12H23N3O2. The van der Waals surface area contributed by atoms with Gasteiger partial charge >= 0.3 is 0 Å². The molecule has 1 aliphatic rings. The largest absolute Gasteiger partial charge is 0.354 e. The van der Waals surface area contributed by atoms with Crippen LogP contribution in [0.15, 0.2) is 0 Å². The number of nitrogens with zero attached hydrogens (tertiary/aromatic N) is 1. The van der Waals surface area contributed by atoms with Crippen molar-refractivity contribution >= 4 is 11.8 Å². The Bertz CT molecular complexity index is 279. The molecule has 3 N–H and O–H groups in total. The summed E-state index contributed by atoms with van der Waals surface area (Å²) < 4.78 is 0. The van der Waals surface area contributed by atoms with Crippen molar-refractivity contribution in [2.24, 2.45) is 11.1 Å². The first kappa shape index (κ1) is 14.0. The highest BCUT2D eigenvalue weighted by molar-refractivity contribution is 5.88. The molecule has 17 heavy (non-hydrogen) atoms. The maximum Gasteiger partial charge on any atom is 0.239 e. The second kappa shape index (κ2) is 6.00. The van der Waals surface area contributed by atoms with Gasteiger partial charge in [-0.15, -0.1) is 0 Å². The maximum absolute atomic E-state index is 12.5. The average Bonchev–Trinajstić information content (AvgIpc) is 2.56. The Morgan fingerprint density at radius 3 is 2.65 bits per heavy atom. The number of amides is 2. The highest BCUT2D eigenvalue weighted by Gasteiger charge is 2.37. The molecule has 5 nitrogen and oxygen atoms in total. The fourth-order valence-corrected chi connectivity index (χ4v) is 2.24. The fraction of sp³-hybridized carbons (Fsp3) is 0.833. The molecule has 1 saturated heterocycles. The number of nitrogens with two attached hydrogens (primary N) is 1. The number of rotatable bonds is 4. The third kappa shape index (κ3) is 2.97. The average molecular weight is 241 g/mol. The lowest BCUT2D eigenvalue weighted by atomic mass is 9.81. The molecule has 0 atom stereocenters. The van der Waals surface area contributed by atoms with Gasteiger partial charge in [-0.25, -0.2) is 0 Å². The molecule has 0 aromatic rings. The van der Waals surface area contributed by atoms with Crippen molar-refractivity contribution in [2.45, 2.75) is 33.1 Å². The van der Waals surface area contributed by atoms with E-state index < -0.39 is 5.41 Å². The van der Waals surface area contributed by atoms with Crippen molar-refractivity contribution in [1.29, 1.82) is 0 Å². The van der Waals surface area contributed by atoms with Crippen LogP contribution < -0.4 is 11.1 Å². The zero-order chi connectivity index (χ0) is 12.9. The summed E-state index contributed by atoms with van der Waals surface area (Å²) in [6, 6.07) is 0. The summed E-state index contributed by atoms with van der Waals surface area (Å²) in [4.78, 5) is 25.6. The van der Waals surface area contributed by atoms with Gasteiger partial charge in [0.25, 0.3) is 0 Å². The molecule has 1 aliphatic heterocycles. The SMILES string of the molecule is CCC(CC)(CN)C(=O)N1CCCNC(=O)C1. The molecule has 98 valence electrons. The van der Waals surface area contributed by atoms with Gasteiger partial charge in [0, 0.05) is 19.6 Å². The van der Waals surface area contributed by atoms with Crippen LogP contribution >= 0.6 is 0 Å². The molecular weight excluding hydrogens is 218 g/mol. The summed E-state index contributed by atoms with van der Waals surface area (Å²) in [5, 5.41) is 2.77. The van der Waals surface area contributed by atoms with Crippen LogP contribution in [0.25, 0.3) is 0 Å². The summed E-state index contributed by atoms with van der Waals surface area (Å²) in [6.07, 6.45) is 2.25. The van der Waals surface area contributed by atoms with E-state index in [0.29, 0.717) is 19.6 Å². The van der Waals surface area contributed by atoms with Crippen LogP contribution in [0.4, 0.5) is 0 Å². The smallest absolute Gasteiger partial charge is 0.239 e. The molecule has 0 aromatic carbocycles. The van der Waals surface area contributed by atoms with E-state index in [0.717, 1.165) is 19.3 Å². The molecule has 0 aromatic heterocycles. The zero-order valence-corrected chi connectivity index (χ0v) is 10.8. The minimum absolute atomic E-state index is 0.0297. The van der Waals surface area contributed by atoms with Crippen LogP contribution in [0.3, 0.4) is 0 Å². The molecule has 2 amide bonds. The van der Waals surface area contributed by atoms with Crippen LogP contribution in [-0.4, -0.2) is 42.9 Å². The van der Waals surface area contributed by atoms with Gasteiger partial charge in [-0.1, -0.05) is 13.8 Å². The number of hydrogen-bond donors (Lipinski definition) is 2. The van der Waals surface area contributed by atoms with E-state index in [1.165, 1.54) is 0 Å². The Morgan fingerprint density at radius 1 is 1.47 bits per heavy atom. The van der Waals surface area contributed by atoms with E-state index in [9.17, 15) is 9.59 Å². The van der Waals surface area contributed by atoms with E-state index in [1.54, 1.807) is 4.90 Å². The first-order valence-corrected chi connectivity index (χ1v) is 6.35. The topological polar surface area (TPSA) is 75.4 Å². The molecule has 1 fully saturated rings. The van der Waals surface area contributed by atoms with Gasteiger partial charge in [0.1, 0.15) is 0 Å². The Hall–Kier alpha value is -1.10. The van der Waals surface area contributed by atoms with Gasteiger partial charge in [0.05, 0.1) is 12.0 Å². The van der Waals surface area contributed by atoms with E-state index in [2.05, 4.69) is 5.32 Å². The van der Waals surface area contributed by atoms with Crippen molar-refractivity contribution in [3.8, 4) is 0 Å². The first-order chi connectivity index (χ1) is 8.09. The quantitative estimate of drug-likeness (QED) is 0.733. The molecule has 0 radical (unpaired) electrons. The Kier molecular flexibility index (Phi) is 4.93. The molecule has 0 spiro atoms. The summed E-state index contributed by atoms with van der Waals surface area (Å²) in [6.45, 7) is 5.76. The van der Waals surface area contributed by atoms with Gasteiger partial charge in [-0.3, -0.25) is 9.59 Å². The molecule has 0 aliphatic carbocycles. The minimum Gasteiger partial charge on any atom is -0.354 e. The van der Waals surface area contributed by atoms with Gasteiger partial charge in [0.2, 0.25) is 11.8 Å². The van der Waals surface area contributed by atoms with Crippen molar-refractivity contribution in [2.75, 3.05) is 26.2 Å². The summed E-state index contributed by atoms with van der Waals surface area (Å²) in [5.74, 6) is -0.0453. The lowest BCUT2D eigenvalue weighted by molar-refractivity contribution is -0.144. The molecule has 0 saturated carbocycles. The summed E-state index contributed by atoms with van der Waals surface area (Å²) in [7, 11) is 0. The molecule has 1 heterocycles. The fourth-order valence-electron chi connectivity index (χ4n) is 2.24. The maximum atomic E-state index is 12.5. The van der Waals surface area contributed by atoms with Crippen LogP contribution in [-0.2, 0) is 9.59 Å². The number of nitrogens with one attached hydrogen (secondary N) is 1. The second-order valence-corrected chi connectivity index (χ2v) is 4.62. The zero-order valence-electron chi connectivity index (χ0n) is 10.8. The summed E-state index contributed by atoms with van der Waals surface area (Å²) in [5.41, 5.74) is 5.27. The lowest BCUT2D eigenvalue weighted by Gasteiger charge is -2.34. The van der Waals surface area contributed by atoms with Crippen molar-refractivity contribution in [3.05, 3.63) is 0 Å². The Morgan fingerprint density at radius 2 is 2.12 bits per heavy atom. The predicted octanol–water partition coefficient (Wildman–Crippen LogP) is 0.100. The van der Waals surface area contributed by atoms with Crippen molar-refractivity contribution in [1.82, 2.24) is 10.2 Å². The summed E-state index contributed by atoms with van der Waals surface area (Å²) >= 11 is 0. The van der Waals surface area contributed by atoms with Gasteiger partial charge in [-0.2, -0.15) is 0 Å². The number of carbonyl (C=O) groups excluding carboxylic acids is 2. The van der Waals surface area contributed by atoms with E-state index in [1.807, 2.05) is 13.8 Å². The van der Waals surface area contributed by atoms with Gasteiger partial charge in [0.15, 0.2) is 0 Å². The third-order valence-electron chi connectivity index (χ3n) is 3.75.